The second kappa shape index (κ2) is 7.03. The molecule has 4 rings (SSSR count). The average molecular weight is 363 g/mol. The molecule has 1 aromatic carbocycles. The molecule has 7 heteroatoms. The van der Waals surface area contributed by atoms with Gasteiger partial charge in [0.05, 0.1) is 24.6 Å². The molecule has 1 aliphatic carbocycles. The van der Waals surface area contributed by atoms with Crippen molar-refractivity contribution in [3.8, 4) is 5.75 Å². The summed E-state index contributed by atoms with van der Waals surface area (Å²) in [6.07, 6.45) is 3.98. The fourth-order valence-corrected chi connectivity index (χ4v) is 3.17. The SMILES string of the molecule is COc1cccc(C(=O)Nc2ncc3c(n2)CC(c2ccco2)CC3=O)c1. The van der Waals surface area contributed by atoms with Gasteiger partial charge in [0, 0.05) is 30.5 Å². The Hall–Kier alpha value is -3.48. The van der Waals surface area contributed by atoms with Gasteiger partial charge in [-0.1, -0.05) is 6.07 Å². The minimum Gasteiger partial charge on any atom is -0.497 e. The first kappa shape index (κ1) is 17.0. The summed E-state index contributed by atoms with van der Waals surface area (Å²) >= 11 is 0. The lowest BCUT2D eigenvalue weighted by Gasteiger charge is -2.21. The third-order valence-corrected chi connectivity index (χ3v) is 4.54. The van der Waals surface area contributed by atoms with Crippen molar-refractivity contribution in [1.29, 1.82) is 0 Å². The predicted molar refractivity (Wildman–Crippen MR) is 97.1 cm³/mol. The summed E-state index contributed by atoms with van der Waals surface area (Å²) in [6.45, 7) is 0. The highest BCUT2D eigenvalue weighted by atomic mass is 16.5. The third-order valence-electron chi connectivity index (χ3n) is 4.54. The molecule has 136 valence electrons. The topological polar surface area (TPSA) is 94.3 Å². The quantitative estimate of drug-likeness (QED) is 0.765. The van der Waals surface area contributed by atoms with Gasteiger partial charge in [-0.3, -0.25) is 14.9 Å². The van der Waals surface area contributed by atoms with Crippen LogP contribution >= 0.6 is 0 Å². The number of anilines is 1. The van der Waals surface area contributed by atoms with Crippen molar-refractivity contribution in [1.82, 2.24) is 9.97 Å². The Morgan fingerprint density at radius 2 is 2.15 bits per heavy atom. The molecule has 0 aliphatic heterocycles. The van der Waals surface area contributed by atoms with E-state index in [9.17, 15) is 9.59 Å². The van der Waals surface area contributed by atoms with Crippen molar-refractivity contribution in [2.24, 2.45) is 0 Å². The molecular formula is C20H17N3O4. The Morgan fingerprint density at radius 1 is 1.26 bits per heavy atom. The lowest BCUT2D eigenvalue weighted by Crippen LogP contribution is -2.22. The Labute approximate surface area is 155 Å². The minimum absolute atomic E-state index is 0.0247. The average Bonchev–Trinajstić information content (AvgIpc) is 3.22. The van der Waals surface area contributed by atoms with Crippen molar-refractivity contribution in [3.63, 3.8) is 0 Å². The molecule has 1 N–H and O–H groups in total. The highest BCUT2D eigenvalue weighted by molar-refractivity contribution is 6.04. The second-order valence-electron chi connectivity index (χ2n) is 6.28. The maximum Gasteiger partial charge on any atom is 0.258 e. The van der Waals surface area contributed by atoms with Crippen molar-refractivity contribution in [2.75, 3.05) is 12.4 Å². The molecule has 0 saturated carbocycles. The van der Waals surface area contributed by atoms with Crippen molar-refractivity contribution in [2.45, 2.75) is 18.8 Å². The summed E-state index contributed by atoms with van der Waals surface area (Å²) in [5.74, 6) is 1.07. The van der Waals surface area contributed by atoms with E-state index < -0.39 is 0 Å². The number of Topliss-reactive ketones (excluding diaryl/α,β-unsaturated/α-hetero) is 1. The summed E-state index contributed by atoms with van der Waals surface area (Å²) in [6, 6.07) is 10.4. The molecular weight excluding hydrogens is 346 g/mol. The van der Waals surface area contributed by atoms with Crippen molar-refractivity contribution in [3.05, 3.63) is 71.4 Å². The third kappa shape index (κ3) is 3.44. The number of carbonyl (C=O) groups is 2. The Bertz CT molecular complexity index is 998. The number of furan rings is 1. The Morgan fingerprint density at radius 3 is 2.93 bits per heavy atom. The molecule has 0 spiro atoms. The molecule has 1 amide bonds. The molecule has 2 aromatic heterocycles. The molecule has 0 bridgehead atoms. The largest absolute Gasteiger partial charge is 0.497 e. The van der Waals surface area contributed by atoms with Gasteiger partial charge in [0.15, 0.2) is 5.78 Å². The maximum absolute atomic E-state index is 12.4. The number of hydrogen-bond donors (Lipinski definition) is 1. The standard InChI is InChI=1S/C20H17N3O4/c1-26-14-5-2-4-12(8-14)19(25)23-20-21-11-15-16(22-20)9-13(10-17(15)24)18-6-3-7-27-18/h2-8,11,13H,9-10H2,1H3,(H,21,22,23,25). The van der Waals surface area contributed by atoms with Gasteiger partial charge < -0.3 is 9.15 Å². The van der Waals surface area contributed by atoms with E-state index in [1.807, 2.05) is 6.07 Å². The number of hydrogen-bond acceptors (Lipinski definition) is 6. The van der Waals surface area contributed by atoms with Crippen LogP contribution in [0.5, 0.6) is 5.75 Å². The van der Waals surface area contributed by atoms with Gasteiger partial charge in [-0.2, -0.15) is 0 Å². The van der Waals surface area contributed by atoms with Crippen LogP contribution in [0.2, 0.25) is 0 Å². The first-order chi connectivity index (χ1) is 13.1. The van der Waals surface area contributed by atoms with Crippen molar-refractivity contribution >= 4 is 17.6 Å². The number of ketones is 1. The van der Waals surface area contributed by atoms with E-state index in [0.29, 0.717) is 35.4 Å². The highest BCUT2D eigenvalue weighted by Crippen LogP contribution is 2.32. The number of benzene rings is 1. The number of nitrogens with zero attached hydrogens (tertiary/aromatic N) is 2. The molecule has 3 aromatic rings. The van der Waals surface area contributed by atoms with Crippen molar-refractivity contribution < 1.29 is 18.7 Å². The number of amides is 1. The molecule has 0 fully saturated rings. The number of ether oxygens (including phenoxy) is 1. The van der Waals surface area contributed by atoms with Crippen LogP contribution in [0.15, 0.2) is 53.3 Å². The van der Waals surface area contributed by atoms with E-state index in [-0.39, 0.29) is 23.6 Å². The molecule has 7 nitrogen and oxygen atoms in total. The highest BCUT2D eigenvalue weighted by Gasteiger charge is 2.29. The van der Waals surface area contributed by atoms with E-state index in [1.54, 1.807) is 36.6 Å². The summed E-state index contributed by atoms with van der Waals surface area (Å²) in [7, 11) is 1.54. The fraction of sp³-hybridized carbons (Fsp3) is 0.200. The first-order valence-electron chi connectivity index (χ1n) is 8.52. The number of methoxy groups -OCH3 is 1. The smallest absolute Gasteiger partial charge is 0.258 e. The molecule has 1 unspecified atom stereocenters. The van der Waals surface area contributed by atoms with Gasteiger partial charge in [-0.05, 0) is 30.3 Å². The summed E-state index contributed by atoms with van der Waals surface area (Å²) in [5, 5.41) is 2.67. The second-order valence-corrected chi connectivity index (χ2v) is 6.28. The minimum atomic E-state index is -0.349. The van der Waals surface area contributed by atoms with E-state index in [1.165, 1.54) is 13.3 Å². The maximum atomic E-state index is 12.4. The zero-order chi connectivity index (χ0) is 18.8. The number of fused-ring (bicyclic) bond motifs is 1. The van der Waals surface area contributed by atoms with Crippen LogP contribution < -0.4 is 10.1 Å². The van der Waals surface area contributed by atoms with Crippen LogP contribution in [0.1, 0.15) is 44.5 Å². The molecule has 0 radical (unpaired) electrons. The number of carbonyl (C=O) groups excluding carboxylic acids is 2. The number of nitrogens with one attached hydrogen (secondary N) is 1. The van der Waals surface area contributed by atoms with Gasteiger partial charge >= 0.3 is 0 Å². The fourth-order valence-electron chi connectivity index (χ4n) is 3.17. The summed E-state index contributed by atoms with van der Waals surface area (Å²) in [5.41, 5.74) is 1.54. The normalized spacial score (nSPS) is 15.9. The van der Waals surface area contributed by atoms with Crippen LogP contribution in [-0.2, 0) is 6.42 Å². The first-order valence-corrected chi connectivity index (χ1v) is 8.52. The van der Waals surface area contributed by atoms with E-state index in [0.717, 1.165) is 5.76 Å². The molecule has 2 heterocycles. The Kier molecular flexibility index (Phi) is 4.42. The lowest BCUT2D eigenvalue weighted by atomic mass is 9.85. The Balaban J connectivity index is 1.56. The van der Waals surface area contributed by atoms with Crippen LogP contribution in [-0.4, -0.2) is 28.8 Å². The van der Waals surface area contributed by atoms with Crippen LogP contribution in [0, 0.1) is 0 Å². The molecule has 27 heavy (non-hydrogen) atoms. The van der Waals surface area contributed by atoms with Crippen LogP contribution in [0.25, 0.3) is 0 Å². The van der Waals surface area contributed by atoms with Crippen LogP contribution in [0.4, 0.5) is 5.95 Å². The lowest BCUT2D eigenvalue weighted by molar-refractivity contribution is 0.0958. The molecule has 1 aliphatic rings. The summed E-state index contributed by atoms with van der Waals surface area (Å²) in [4.78, 5) is 33.3. The predicted octanol–water partition coefficient (Wildman–Crippen LogP) is 3.24. The number of aromatic nitrogens is 2. The van der Waals surface area contributed by atoms with Crippen LogP contribution in [0.3, 0.4) is 0 Å². The zero-order valence-electron chi connectivity index (χ0n) is 14.6. The summed E-state index contributed by atoms with van der Waals surface area (Å²) < 4.78 is 10.6. The monoisotopic (exact) mass is 363 g/mol. The van der Waals surface area contributed by atoms with E-state index in [2.05, 4.69) is 15.3 Å². The van der Waals surface area contributed by atoms with E-state index in [4.69, 9.17) is 9.15 Å². The van der Waals surface area contributed by atoms with Gasteiger partial charge in [0.2, 0.25) is 5.95 Å². The van der Waals surface area contributed by atoms with Gasteiger partial charge in [-0.25, -0.2) is 9.97 Å². The van der Waals surface area contributed by atoms with Gasteiger partial charge in [0.1, 0.15) is 11.5 Å². The van der Waals surface area contributed by atoms with E-state index >= 15 is 0 Å². The molecule has 1 atom stereocenters. The molecule has 0 saturated heterocycles. The number of rotatable bonds is 4. The zero-order valence-corrected chi connectivity index (χ0v) is 14.6. The van der Waals surface area contributed by atoms with Gasteiger partial charge in [0.25, 0.3) is 5.91 Å². The van der Waals surface area contributed by atoms with Gasteiger partial charge in [-0.15, -0.1) is 0 Å².